The molecule has 0 unspecified atom stereocenters. The van der Waals surface area contributed by atoms with Gasteiger partial charge >= 0.3 is 0 Å². The predicted octanol–water partition coefficient (Wildman–Crippen LogP) is 5.47. The van der Waals surface area contributed by atoms with E-state index in [1.165, 1.54) is 0 Å². The molecule has 5 heteroatoms. The smallest absolute Gasteiger partial charge is 0.144 e. The van der Waals surface area contributed by atoms with Crippen LogP contribution in [0.5, 0.6) is 17.2 Å². The summed E-state index contributed by atoms with van der Waals surface area (Å²) in [7, 11) is 0. The van der Waals surface area contributed by atoms with E-state index in [1.54, 1.807) is 12.1 Å². The molecule has 1 N–H and O–H groups in total. The van der Waals surface area contributed by atoms with E-state index in [9.17, 15) is 5.11 Å². The van der Waals surface area contributed by atoms with Crippen LogP contribution in [-0.2, 0) is 0 Å². The molecule has 0 aliphatic carbocycles. The second-order valence-electron chi connectivity index (χ2n) is 3.27. The molecule has 0 heterocycles. The van der Waals surface area contributed by atoms with Crippen LogP contribution in [0.4, 0.5) is 0 Å². The van der Waals surface area contributed by atoms with Gasteiger partial charge in [-0.2, -0.15) is 0 Å². The lowest BCUT2D eigenvalue weighted by Crippen LogP contribution is -1.86. The monoisotopic (exact) mass is 420 g/mol. The Kier molecular flexibility index (Phi) is 4.12. The average molecular weight is 423 g/mol. The zero-order valence-corrected chi connectivity index (χ0v) is 13.2. The molecule has 0 bridgehead atoms. The molecule has 2 nitrogen and oxygen atoms in total. The number of hydrogen-bond donors (Lipinski definition) is 1. The summed E-state index contributed by atoms with van der Waals surface area (Å²) >= 11 is 9.92. The Morgan fingerprint density at radius 1 is 0.882 bits per heavy atom. The normalized spacial score (nSPS) is 10.3. The van der Waals surface area contributed by atoms with Crippen LogP contribution in [0.2, 0.25) is 0 Å². The van der Waals surface area contributed by atoms with Crippen LogP contribution in [0.15, 0.2) is 49.8 Å². The summed E-state index contributed by atoms with van der Waals surface area (Å²) in [4.78, 5) is 0. The van der Waals surface area contributed by atoms with Gasteiger partial charge in [0.05, 0.1) is 13.4 Å². The predicted molar refractivity (Wildman–Crippen MR) is 77.7 cm³/mol. The lowest BCUT2D eigenvalue weighted by Gasteiger charge is -2.09. The van der Waals surface area contributed by atoms with Crippen LogP contribution >= 0.6 is 47.8 Å². The van der Waals surface area contributed by atoms with Gasteiger partial charge in [-0.3, -0.25) is 0 Å². The average Bonchev–Trinajstić information content (AvgIpc) is 2.29. The number of phenolic OH excluding ortho intramolecular Hbond substituents is 1. The van der Waals surface area contributed by atoms with Gasteiger partial charge in [0, 0.05) is 0 Å². The summed E-state index contributed by atoms with van der Waals surface area (Å²) in [6, 6.07) is 11.0. The number of ether oxygens (including phenoxy) is 1. The molecule has 0 atom stereocenters. The Balaban J connectivity index is 2.34. The first-order valence-corrected chi connectivity index (χ1v) is 7.06. The quantitative estimate of drug-likeness (QED) is 0.695. The molecule has 0 aromatic heterocycles. The maximum atomic E-state index is 9.59. The van der Waals surface area contributed by atoms with Crippen molar-refractivity contribution in [2.24, 2.45) is 0 Å². The van der Waals surface area contributed by atoms with E-state index in [0.29, 0.717) is 14.7 Å². The molecule has 88 valence electrons. The topological polar surface area (TPSA) is 29.5 Å². The first-order valence-electron chi connectivity index (χ1n) is 4.68. The summed E-state index contributed by atoms with van der Waals surface area (Å²) < 4.78 is 7.74. The van der Waals surface area contributed by atoms with Gasteiger partial charge < -0.3 is 9.84 Å². The minimum atomic E-state index is 0.157. The highest BCUT2D eigenvalue weighted by Gasteiger charge is 2.08. The summed E-state index contributed by atoms with van der Waals surface area (Å²) in [6.07, 6.45) is 0. The van der Waals surface area contributed by atoms with Gasteiger partial charge in [0.1, 0.15) is 17.2 Å². The van der Waals surface area contributed by atoms with Crippen molar-refractivity contribution in [2.45, 2.75) is 0 Å². The second kappa shape index (κ2) is 5.42. The van der Waals surface area contributed by atoms with Crippen molar-refractivity contribution in [1.82, 2.24) is 0 Å². The lowest BCUT2D eigenvalue weighted by molar-refractivity contribution is 0.457. The van der Waals surface area contributed by atoms with E-state index in [0.717, 1.165) is 10.2 Å². The molecular weight excluding hydrogens is 416 g/mol. The third-order valence-electron chi connectivity index (χ3n) is 2.05. The number of aromatic hydroxyl groups is 1. The Morgan fingerprint density at radius 3 is 2.06 bits per heavy atom. The largest absolute Gasteiger partial charge is 0.506 e. The molecule has 17 heavy (non-hydrogen) atoms. The van der Waals surface area contributed by atoms with Gasteiger partial charge in [0.15, 0.2) is 0 Å². The molecule has 0 saturated heterocycles. The van der Waals surface area contributed by atoms with Crippen molar-refractivity contribution >= 4 is 47.8 Å². The fourth-order valence-electron chi connectivity index (χ4n) is 1.26. The van der Waals surface area contributed by atoms with Gasteiger partial charge in [-0.15, -0.1) is 0 Å². The Bertz CT molecular complexity index is 532. The maximum Gasteiger partial charge on any atom is 0.144 e. The van der Waals surface area contributed by atoms with Gasteiger partial charge in [0.2, 0.25) is 0 Å². The number of phenols is 1. The number of rotatable bonds is 2. The molecule has 0 fully saturated rings. The number of para-hydroxylation sites is 1. The van der Waals surface area contributed by atoms with Crippen LogP contribution in [0.3, 0.4) is 0 Å². The van der Waals surface area contributed by atoms with Gasteiger partial charge in [-0.05, 0) is 72.1 Å². The molecule has 0 radical (unpaired) electrons. The van der Waals surface area contributed by atoms with Crippen molar-refractivity contribution < 1.29 is 9.84 Å². The molecule has 0 amide bonds. The zero-order valence-electron chi connectivity index (χ0n) is 8.45. The summed E-state index contributed by atoms with van der Waals surface area (Å²) in [6.45, 7) is 0. The van der Waals surface area contributed by atoms with Gasteiger partial charge in [-0.1, -0.05) is 12.1 Å². The Hall–Kier alpha value is -0.520. The number of hydrogen-bond acceptors (Lipinski definition) is 2. The summed E-state index contributed by atoms with van der Waals surface area (Å²) in [5.74, 6) is 1.51. The maximum absolute atomic E-state index is 9.59. The highest BCUT2D eigenvalue weighted by atomic mass is 79.9. The van der Waals surface area contributed by atoms with Crippen molar-refractivity contribution in [1.29, 1.82) is 0 Å². The number of benzene rings is 2. The van der Waals surface area contributed by atoms with Crippen molar-refractivity contribution in [2.75, 3.05) is 0 Å². The van der Waals surface area contributed by atoms with E-state index < -0.39 is 0 Å². The first kappa shape index (κ1) is 12.9. The Labute approximate surface area is 124 Å². The minimum Gasteiger partial charge on any atom is -0.506 e. The number of halogens is 3. The van der Waals surface area contributed by atoms with E-state index in [-0.39, 0.29) is 5.75 Å². The van der Waals surface area contributed by atoms with Crippen LogP contribution < -0.4 is 4.74 Å². The lowest BCUT2D eigenvalue weighted by atomic mass is 10.3. The molecule has 0 aliphatic heterocycles. The highest BCUT2D eigenvalue weighted by molar-refractivity contribution is 9.11. The van der Waals surface area contributed by atoms with E-state index in [2.05, 4.69) is 47.8 Å². The highest BCUT2D eigenvalue weighted by Crippen LogP contribution is 2.38. The van der Waals surface area contributed by atoms with Crippen LogP contribution in [0.1, 0.15) is 0 Å². The molecule has 0 saturated carbocycles. The zero-order chi connectivity index (χ0) is 12.4. The third kappa shape index (κ3) is 3.03. The SMILES string of the molecule is Oc1c(Br)cc(Oc2ccccc2Br)cc1Br. The molecule has 2 aromatic carbocycles. The molecule has 2 aromatic rings. The van der Waals surface area contributed by atoms with E-state index in [1.807, 2.05) is 24.3 Å². The fraction of sp³-hybridized carbons (Fsp3) is 0. The Morgan fingerprint density at radius 2 is 1.47 bits per heavy atom. The molecular formula is C12H7Br3O2. The van der Waals surface area contributed by atoms with E-state index >= 15 is 0 Å². The standard InChI is InChI=1S/C12H7Br3O2/c13-8-3-1-2-4-11(8)17-7-5-9(14)12(16)10(15)6-7/h1-6,16H. The van der Waals surface area contributed by atoms with Gasteiger partial charge in [0.25, 0.3) is 0 Å². The van der Waals surface area contributed by atoms with E-state index in [4.69, 9.17) is 4.74 Å². The minimum absolute atomic E-state index is 0.157. The van der Waals surface area contributed by atoms with Crippen molar-refractivity contribution in [3.8, 4) is 17.2 Å². The van der Waals surface area contributed by atoms with Crippen LogP contribution in [0.25, 0.3) is 0 Å². The van der Waals surface area contributed by atoms with Crippen molar-refractivity contribution in [3.05, 3.63) is 49.8 Å². The third-order valence-corrected chi connectivity index (χ3v) is 3.92. The van der Waals surface area contributed by atoms with Crippen LogP contribution in [-0.4, -0.2) is 5.11 Å². The molecule has 2 rings (SSSR count). The van der Waals surface area contributed by atoms with Crippen LogP contribution in [0, 0.1) is 0 Å². The second-order valence-corrected chi connectivity index (χ2v) is 5.83. The summed E-state index contributed by atoms with van der Waals surface area (Å²) in [5.41, 5.74) is 0. The van der Waals surface area contributed by atoms with Crippen molar-refractivity contribution in [3.63, 3.8) is 0 Å². The fourth-order valence-corrected chi connectivity index (χ4v) is 2.77. The summed E-state index contributed by atoms with van der Waals surface area (Å²) in [5, 5.41) is 9.59. The van der Waals surface area contributed by atoms with Gasteiger partial charge in [-0.25, -0.2) is 0 Å². The molecule has 0 spiro atoms. The first-order chi connectivity index (χ1) is 8.08. The molecule has 0 aliphatic rings.